The van der Waals surface area contributed by atoms with Crippen LogP contribution in [-0.4, -0.2) is 48.8 Å². The quantitative estimate of drug-likeness (QED) is 0.816. The van der Waals surface area contributed by atoms with Crippen molar-refractivity contribution in [2.45, 2.75) is 30.2 Å². The van der Waals surface area contributed by atoms with Crippen molar-refractivity contribution in [1.29, 1.82) is 0 Å². The minimum Gasteiger partial charge on any atom is -0.465 e. The van der Waals surface area contributed by atoms with Gasteiger partial charge in [-0.05, 0) is 48.1 Å². The third kappa shape index (κ3) is 4.97. The zero-order valence-corrected chi connectivity index (χ0v) is 15.9. The second-order valence-electron chi connectivity index (χ2n) is 6.79. The molecule has 0 saturated carbocycles. The van der Waals surface area contributed by atoms with Gasteiger partial charge in [-0.2, -0.15) is 0 Å². The van der Waals surface area contributed by atoms with E-state index in [0.717, 1.165) is 29.8 Å². The van der Waals surface area contributed by atoms with Gasteiger partial charge in [-0.25, -0.2) is 18.2 Å². The smallest absolute Gasteiger partial charge is 0.407 e. The first kappa shape index (κ1) is 19.2. The fourth-order valence-corrected chi connectivity index (χ4v) is 3.83. The van der Waals surface area contributed by atoms with E-state index < -0.39 is 15.9 Å². The van der Waals surface area contributed by atoms with E-state index in [1.165, 1.54) is 11.2 Å². The van der Waals surface area contributed by atoms with Crippen LogP contribution in [0.15, 0.2) is 47.5 Å². The van der Waals surface area contributed by atoms with Crippen LogP contribution < -0.4 is 5.32 Å². The molecule has 1 aliphatic heterocycles. The Bertz CT molecular complexity index is 888. The van der Waals surface area contributed by atoms with Gasteiger partial charge in [0.2, 0.25) is 0 Å². The highest BCUT2D eigenvalue weighted by Gasteiger charge is 2.23. The lowest BCUT2D eigenvalue weighted by Gasteiger charge is -2.30. The summed E-state index contributed by atoms with van der Waals surface area (Å²) in [6, 6.07) is 10.7. The van der Waals surface area contributed by atoms with Crippen LogP contribution in [0.4, 0.5) is 10.6 Å². The Labute approximate surface area is 159 Å². The predicted octanol–water partition coefficient (Wildman–Crippen LogP) is 2.95. The van der Waals surface area contributed by atoms with Gasteiger partial charge in [0.25, 0.3) is 0 Å². The van der Waals surface area contributed by atoms with Crippen LogP contribution in [0, 0.1) is 0 Å². The summed E-state index contributed by atoms with van der Waals surface area (Å²) in [7, 11) is -3.18. The summed E-state index contributed by atoms with van der Waals surface area (Å²) in [5.41, 5.74) is 2.09. The number of aromatic nitrogens is 1. The molecule has 1 fully saturated rings. The third-order valence-electron chi connectivity index (χ3n) is 4.85. The number of amides is 1. The number of nitrogens with zero attached hydrogens (tertiary/aromatic N) is 2. The van der Waals surface area contributed by atoms with Gasteiger partial charge in [-0.1, -0.05) is 18.2 Å². The number of hydrogen-bond donors (Lipinski definition) is 2. The van der Waals surface area contributed by atoms with Crippen molar-refractivity contribution in [3.63, 3.8) is 0 Å². The molecule has 27 heavy (non-hydrogen) atoms. The Morgan fingerprint density at radius 1 is 1.19 bits per heavy atom. The minimum absolute atomic E-state index is 0.308. The summed E-state index contributed by atoms with van der Waals surface area (Å²) in [4.78, 5) is 17.2. The molecule has 2 heterocycles. The van der Waals surface area contributed by atoms with Crippen LogP contribution in [0.5, 0.6) is 0 Å². The van der Waals surface area contributed by atoms with E-state index in [2.05, 4.69) is 10.3 Å². The lowest BCUT2D eigenvalue weighted by molar-refractivity contribution is 0.132. The number of carbonyl (C=O) groups is 1. The van der Waals surface area contributed by atoms with Crippen molar-refractivity contribution in [2.24, 2.45) is 0 Å². The standard InChI is InChI=1S/C19H23N3O4S/c1-27(25,26)17-5-2-14(3-6-17)12-20-18-7-4-16(13-21-18)15-8-10-22(11-9-15)19(23)24/h2-7,13,15H,8-12H2,1H3,(H,20,21)(H,23,24). The maximum atomic E-state index is 11.5. The van der Waals surface area contributed by atoms with Crippen molar-refractivity contribution >= 4 is 21.7 Å². The van der Waals surface area contributed by atoms with Crippen molar-refractivity contribution in [1.82, 2.24) is 9.88 Å². The summed E-state index contributed by atoms with van der Waals surface area (Å²) < 4.78 is 23.0. The molecule has 144 valence electrons. The largest absolute Gasteiger partial charge is 0.465 e. The van der Waals surface area contributed by atoms with Crippen LogP contribution in [0.25, 0.3) is 0 Å². The molecule has 0 bridgehead atoms. The average Bonchev–Trinajstić information content (AvgIpc) is 2.66. The number of anilines is 1. The maximum Gasteiger partial charge on any atom is 0.407 e. The lowest BCUT2D eigenvalue weighted by atomic mass is 9.91. The molecule has 1 amide bonds. The third-order valence-corrected chi connectivity index (χ3v) is 5.98. The fourth-order valence-electron chi connectivity index (χ4n) is 3.20. The number of benzene rings is 1. The van der Waals surface area contributed by atoms with Gasteiger partial charge in [0, 0.05) is 32.1 Å². The predicted molar refractivity (Wildman–Crippen MR) is 103 cm³/mol. The molecule has 2 aromatic rings. The number of carboxylic acid groups (broad SMARTS) is 1. The van der Waals surface area contributed by atoms with Gasteiger partial charge in [0.1, 0.15) is 5.82 Å². The summed E-state index contributed by atoms with van der Waals surface area (Å²) >= 11 is 0. The molecule has 2 N–H and O–H groups in total. The molecule has 0 aliphatic carbocycles. The van der Waals surface area contributed by atoms with Gasteiger partial charge in [0.05, 0.1) is 4.90 Å². The molecule has 1 aromatic carbocycles. The molecule has 1 aromatic heterocycles. The first-order valence-electron chi connectivity index (χ1n) is 8.79. The zero-order chi connectivity index (χ0) is 19.4. The van der Waals surface area contributed by atoms with Gasteiger partial charge < -0.3 is 15.3 Å². The minimum atomic E-state index is -3.18. The van der Waals surface area contributed by atoms with Crippen molar-refractivity contribution in [2.75, 3.05) is 24.7 Å². The second kappa shape index (κ2) is 7.96. The van der Waals surface area contributed by atoms with Crippen molar-refractivity contribution in [3.8, 4) is 0 Å². The normalized spacial score (nSPS) is 15.5. The number of nitrogens with one attached hydrogen (secondary N) is 1. The number of hydrogen-bond acceptors (Lipinski definition) is 5. The van der Waals surface area contributed by atoms with Crippen LogP contribution >= 0.6 is 0 Å². The molecule has 1 saturated heterocycles. The van der Waals surface area contributed by atoms with Crippen LogP contribution in [-0.2, 0) is 16.4 Å². The number of piperidine rings is 1. The Hall–Kier alpha value is -2.61. The lowest BCUT2D eigenvalue weighted by Crippen LogP contribution is -2.36. The van der Waals surface area contributed by atoms with E-state index in [1.54, 1.807) is 24.3 Å². The van der Waals surface area contributed by atoms with Crippen LogP contribution in [0.1, 0.15) is 29.9 Å². The highest BCUT2D eigenvalue weighted by Crippen LogP contribution is 2.28. The molecule has 1 aliphatic rings. The van der Waals surface area contributed by atoms with E-state index in [0.29, 0.717) is 30.4 Å². The number of sulfone groups is 1. The Balaban J connectivity index is 1.54. The van der Waals surface area contributed by atoms with Gasteiger partial charge >= 0.3 is 6.09 Å². The van der Waals surface area contributed by atoms with E-state index in [-0.39, 0.29) is 0 Å². The fraction of sp³-hybridized carbons (Fsp3) is 0.368. The Kier molecular flexibility index (Phi) is 5.65. The summed E-state index contributed by atoms with van der Waals surface area (Å²) in [5.74, 6) is 1.08. The summed E-state index contributed by atoms with van der Waals surface area (Å²) in [5, 5.41) is 12.2. The Morgan fingerprint density at radius 2 is 1.85 bits per heavy atom. The highest BCUT2D eigenvalue weighted by molar-refractivity contribution is 7.90. The van der Waals surface area contributed by atoms with E-state index in [4.69, 9.17) is 5.11 Å². The first-order valence-corrected chi connectivity index (χ1v) is 10.7. The number of likely N-dealkylation sites (tertiary alicyclic amines) is 1. The molecule has 0 unspecified atom stereocenters. The molecular formula is C19H23N3O4S. The number of rotatable bonds is 5. The molecule has 0 atom stereocenters. The molecule has 0 radical (unpaired) electrons. The van der Waals surface area contributed by atoms with E-state index >= 15 is 0 Å². The first-order chi connectivity index (χ1) is 12.8. The second-order valence-corrected chi connectivity index (χ2v) is 8.81. The van der Waals surface area contributed by atoms with Crippen molar-refractivity contribution in [3.05, 3.63) is 53.7 Å². The topological polar surface area (TPSA) is 99.6 Å². The molecule has 0 spiro atoms. The molecule has 8 heteroatoms. The van der Waals surface area contributed by atoms with E-state index in [9.17, 15) is 13.2 Å². The molecule has 7 nitrogen and oxygen atoms in total. The highest BCUT2D eigenvalue weighted by atomic mass is 32.2. The van der Waals surface area contributed by atoms with Crippen molar-refractivity contribution < 1.29 is 18.3 Å². The monoisotopic (exact) mass is 389 g/mol. The summed E-state index contributed by atoms with van der Waals surface area (Å²) in [6.07, 6.45) is 3.81. The van der Waals surface area contributed by atoms with Gasteiger partial charge in [-0.3, -0.25) is 0 Å². The Morgan fingerprint density at radius 3 is 2.37 bits per heavy atom. The maximum absolute atomic E-state index is 11.5. The average molecular weight is 389 g/mol. The zero-order valence-electron chi connectivity index (χ0n) is 15.1. The molecule has 3 rings (SSSR count). The van der Waals surface area contributed by atoms with Gasteiger partial charge in [-0.15, -0.1) is 0 Å². The van der Waals surface area contributed by atoms with Gasteiger partial charge in [0.15, 0.2) is 9.84 Å². The summed E-state index contributed by atoms with van der Waals surface area (Å²) in [6.45, 7) is 1.67. The van der Waals surface area contributed by atoms with E-state index in [1.807, 2.05) is 18.3 Å². The van der Waals surface area contributed by atoms with Crippen LogP contribution in [0.3, 0.4) is 0 Å². The molecular weight excluding hydrogens is 366 g/mol. The SMILES string of the molecule is CS(=O)(=O)c1ccc(CNc2ccc(C3CCN(C(=O)O)CC3)cn2)cc1. The number of pyridine rings is 1. The van der Waals surface area contributed by atoms with Crippen LogP contribution in [0.2, 0.25) is 0 Å².